The van der Waals surface area contributed by atoms with Gasteiger partial charge in [0, 0.05) is 10.6 Å². The van der Waals surface area contributed by atoms with E-state index >= 15 is 0 Å². The molecule has 3 aromatic rings. The topological polar surface area (TPSA) is 103 Å². The molecule has 0 aliphatic rings. The fraction of sp³-hybridized carbons (Fsp3) is 0.111. The summed E-state index contributed by atoms with van der Waals surface area (Å²) >= 11 is 1.06. The quantitative estimate of drug-likeness (QED) is 0.472. The van der Waals surface area contributed by atoms with Gasteiger partial charge in [-0.1, -0.05) is 30.3 Å². The minimum absolute atomic E-state index is 0.00946. The first-order valence-corrected chi connectivity index (χ1v) is 8.94. The van der Waals surface area contributed by atoms with Crippen molar-refractivity contribution >= 4 is 35.3 Å². The van der Waals surface area contributed by atoms with Crippen molar-refractivity contribution in [3.8, 4) is 0 Å². The highest BCUT2D eigenvalue weighted by Gasteiger charge is 2.10. The maximum absolute atomic E-state index is 13.5. The molecule has 0 fully saturated rings. The van der Waals surface area contributed by atoms with E-state index in [9.17, 15) is 9.18 Å². The smallest absolute Gasteiger partial charge is 0.316 e. The van der Waals surface area contributed by atoms with Crippen LogP contribution in [0.2, 0.25) is 0 Å². The molecule has 0 spiro atoms. The van der Waals surface area contributed by atoms with Crippen LogP contribution in [-0.2, 0) is 16.1 Å². The summed E-state index contributed by atoms with van der Waals surface area (Å²) in [6.07, 6.45) is 0. The molecular formula is C18H16FN5O2S. The number of carbonyl (C=O) groups excluding carboxylic acids is 1. The van der Waals surface area contributed by atoms with E-state index in [1.54, 1.807) is 18.2 Å². The van der Waals surface area contributed by atoms with Gasteiger partial charge in [-0.15, -0.1) is 11.8 Å². The van der Waals surface area contributed by atoms with Gasteiger partial charge in [-0.3, -0.25) is 4.79 Å². The number of para-hydroxylation sites is 1. The molecule has 7 nitrogen and oxygen atoms in total. The average molecular weight is 385 g/mol. The first-order valence-electron chi connectivity index (χ1n) is 7.95. The van der Waals surface area contributed by atoms with E-state index < -0.39 is 5.97 Å². The summed E-state index contributed by atoms with van der Waals surface area (Å²) in [5, 5.41) is 3.00. The third-order valence-electron chi connectivity index (χ3n) is 3.27. The molecule has 2 aromatic carbocycles. The number of anilines is 3. The maximum Gasteiger partial charge on any atom is 0.316 e. The highest BCUT2D eigenvalue weighted by molar-refractivity contribution is 8.00. The number of rotatable bonds is 7. The summed E-state index contributed by atoms with van der Waals surface area (Å²) in [5.41, 5.74) is 6.47. The van der Waals surface area contributed by atoms with Crippen molar-refractivity contribution in [1.82, 2.24) is 15.0 Å². The van der Waals surface area contributed by atoms with Crippen LogP contribution in [0.5, 0.6) is 0 Å². The van der Waals surface area contributed by atoms with Crippen LogP contribution in [0.15, 0.2) is 59.5 Å². The van der Waals surface area contributed by atoms with Crippen molar-refractivity contribution < 1.29 is 13.9 Å². The van der Waals surface area contributed by atoms with Crippen molar-refractivity contribution in [2.45, 2.75) is 11.5 Å². The molecule has 138 valence electrons. The van der Waals surface area contributed by atoms with Gasteiger partial charge in [0.15, 0.2) is 12.4 Å². The van der Waals surface area contributed by atoms with E-state index in [-0.39, 0.29) is 35.9 Å². The molecule has 27 heavy (non-hydrogen) atoms. The van der Waals surface area contributed by atoms with Crippen LogP contribution < -0.4 is 11.1 Å². The number of hydrogen-bond acceptors (Lipinski definition) is 8. The van der Waals surface area contributed by atoms with Crippen LogP contribution in [0.4, 0.5) is 22.0 Å². The average Bonchev–Trinajstić information content (AvgIpc) is 2.66. The van der Waals surface area contributed by atoms with Crippen molar-refractivity contribution in [3.05, 3.63) is 66.2 Å². The third kappa shape index (κ3) is 5.65. The van der Waals surface area contributed by atoms with E-state index in [2.05, 4.69) is 20.3 Å². The molecule has 0 unspecified atom stereocenters. The number of hydrogen-bond donors (Lipinski definition) is 2. The van der Waals surface area contributed by atoms with Gasteiger partial charge in [0.1, 0.15) is 5.82 Å². The number of nitrogens with zero attached hydrogens (tertiary/aromatic N) is 3. The number of thioether (sulfide) groups is 1. The zero-order valence-corrected chi connectivity index (χ0v) is 14.9. The number of halogens is 1. The second-order valence-electron chi connectivity index (χ2n) is 5.30. The van der Waals surface area contributed by atoms with Crippen molar-refractivity contribution in [3.63, 3.8) is 0 Å². The Morgan fingerprint density at radius 2 is 1.81 bits per heavy atom. The Morgan fingerprint density at radius 3 is 2.59 bits per heavy atom. The van der Waals surface area contributed by atoms with Gasteiger partial charge >= 0.3 is 5.97 Å². The van der Waals surface area contributed by atoms with Gasteiger partial charge in [0.25, 0.3) is 0 Å². The number of ether oxygens (including phenoxy) is 1. The van der Waals surface area contributed by atoms with Gasteiger partial charge in [-0.2, -0.15) is 15.0 Å². The van der Waals surface area contributed by atoms with Gasteiger partial charge in [-0.25, -0.2) is 4.39 Å². The zero-order chi connectivity index (χ0) is 19.1. The number of nitrogen functional groups attached to an aromatic ring is 1. The largest absolute Gasteiger partial charge is 0.457 e. The first kappa shape index (κ1) is 18.6. The molecule has 0 bridgehead atoms. The van der Waals surface area contributed by atoms with Crippen molar-refractivity contribution in [2.75, 3.05) is 16.8 Å². The molecule has 1 aromatic heterocycles. The molecule has 3 rings (SSSR count). The van der Waals surface area contributed by atoms with E-state index in [0.29, 0.717) is 4.90 Å². The Hall–Kier alpha value is -3.20. The van der Waals surface area contributed by atoms with Gasteiger partial charge in [0.2, 0.25) is 11.9 Å². The first-order chi connectivity index (χ1) is 13.1. The fourth-order valence-electron chi connectivity index (χ4n) is 2.09. The third-order valence-corrected chi connectivity index (χ3v) is 4.30. The Kier molecular flexibility index (Phi) is 6.16. The Bertz CT molecular complexity index is 927. The van der Waals surface area contributed by atoms with E-state index in [1.165, 1.54) is 6.07 Å². The molecule has 9 heteroatoms. The maximum atomic E-state index is 13.5. The molecular weight excluding hydrogens is 369 g/mol. The lowest BCUT2D eigenvalue weighted by Crippen LogP contribution is -2.12. The van der Waals surface area contributed by atoms with E-state index in [1.807, 2.05) is 30.3 Å². The highest BCUT2D eigenvalue weighted by atomic mass is 32.2. The summed E-state index contributed by atoms with van der Waals surface area (Å²) < 4.78 is 18.7. The molecule has 1 heterocycles. The predicted molar refractivity (Wildman–Crippen MR) is 101 cm³/mol. The van der Waals surface area contributed by atoms with Crippen LogP contribution in [0.1, 0.15) is 5.82 Å². The summed E-state index contributed by atoms with van der Waals surface area (Å²) in [7, 11) is 0. The van der Waals surface area contributed by atoms with Crippen LogP contribution in [-0.4, -0.2) is 26.7 Å². The molecule has 0 amide bonds. The molecule has 0 radical (unpaired) electrons. The number of benzene rings is 2. The van der Waals surface area contributed by atoms with E-state index in [4.69, 9.17) is 10.5 Å². The molecule has 0 aliphatic heterocycles. The molecule has 0 atom stereocenters. The Labute approximate surface area is 159 Å². The number of aromatic nitrogens is 3. The Morgan fingerprint density at radius 1 is 1.07 bits per heavy atom. The number of esters is 1. The van der Waals surface area contributed by atoms with Gasteiger partial charge in [-0.05, 0) is 24.3 Å². The Balaban J connectivity index is 1.55. The van der Waals surface area contributed by atoms with Gasteiger partial charge in [0.05, 0.1) is 5.75 Å². The standard InChI is InChI=1S/C18H16FN5O2S/c19-13-8-4-5-9-14(13)27-11-16(25)26-10-15-22-17(20)24-18(23-15)21-12-6-2-1-3-7-12/h1-9H,10-11H2,(H3,20,21,22,23,24). The monoisotopic (exact) mass is 385 g/mol. The minimum atomic E-state index is -0.514. The summed E-state index contributed by atoms with van der Waals surface area (Å²) in [6.45, 7) is -0.160. The molecule has 3 N–H and O–H groups in total. The van der Waals surface area contributed by atoms with E-state index in [0.717, 1.165) is 17.4 Å². The fourth-order valence-corrected chi connectivity index (χ4v) is 2.83. The second kappa shape index (κ2) is 8.95. The van der Waals surface area contributed by atoms with Crippen molar-refractivity contribution in [1.29, 1.82) is 0 Å². The lowest BCUT2D eigenvalue weighted by atomic mass is 10.3. The van der Waals surface area contributed by atoms with Gasteiger partial charge < -0.3 is 15.8 Å². The molecule has 0 saturated carbocycles. The number of carbonyl (C=O) groups is 1. The summed E-state index contributed by atoms with van der Waals surface area (Å²) in [4.78, 5) is 24.4. The number of nitrogens with one attached hydrogen (secondary N) is 1. The molecule has 0 saturated heterocycles. The SMILES string of the molecule is Nc1nc(COC(=O)CSc2ccccc2F)nc(Nc2ccccc2)n1. The van der Waals surface area contributed by atoms with Crippen molar-refractivity contribution in [2.24, 2.45) is 0 Å². The van der Waals surface area contributed by atoms with Crippen LogP contribution in [0.25, 0.3) is 0 Å². The van der Waals surface area contributed by atoms with Crippen LogP contribution >= 0.6 is 11.8 Å². The second-order valence-corrected chi connectivity index (χ2v) is 6.32. The highest BCUT2D eigenvalue weighted by Crippen LogP contribution is 2.21. The normalized spacial score (nSPS) is 10.4. The predicted octanol–water partition coefficient (Wildman–Crippen LogP) is 3.17. The lowest BCUT2D eigenvalue weighted by molar-refractivity contribution is -0.141. The minimum Gasteiger partial charge on any atom is -0.457 e. The van der Waals surface area contributed by atoms with Crippen LogP contribution in [0.3, 0.4) is 0 Å². The molecule has 0 aliphatic carbocycles. The summed E-state index contributed by atoms with van der Waals surface area (Å²) in [6, 6.07) is 15.5. The number of nitrogens with two attached hydrogens (primary N) is 1. The van der Waals surface area contributed by atoms with Crippen LogP contribution in [0, 0.1) is 5.82 Å². The zero-order valence-electron chi connectivity index (χ0n) is 14.1. The summed E-state index contributed by atoms with van der Waals surface area (Å²) in [5.74, 6) is -0.450. The lowest BCUT2D eigenvalue weighted by Gasteiger charge is -2.08.